The highest BCUT2D eigenvalue weighted by atomic mass is 16.4. The molecule has 0 aromatic carbocycles. The highest BCUT2D eigenvalue weighted by Gasteiger charge is 2.15. The van der Waals surface area contributed by atoms with Gasteiger partial charge in [0.05, 0.1) is 0 Å². The molecule has 0 saturated heterocycles. The minimum atomic E-state index is -1.07. The van der Waals surface area contributed by atoms with Crippen LogP contribution in [0.4, 0.5) is 0 Å². The lowest BCUT2D eigenvalue weighted by molar-refractivity contribution is -0.138. The lowest BCUT2D eigenvalue weighted by Crippen LogP contribution is -2.30. The maximum atomic E-state index is 11.1. The van der Waals surface area contributed by atoms with Crippen LogP contribution in [0.1, 0.15) is 6.42 Å². The molecule has 0 spiro atoms. The van der Waals surface area contributed by atoms with Crippen molar-refractivity contribution in [3.8, 4) is 0 Å². The number of carbonyl (C=O) groups is 2. The summed E-state index contributed by atoms with van der Waals surface area (Å²) in [7, 11) is 0. The number of rotatable bonds is 3. The molecule has 0 bridgehead atoms. The maximum Gasteiger partial charge on any atom is 0.320 e. The molecule has 0 heterocycles. The molecule has 0 aromatic rings. The summed E-state index contributed by atoms with van der Waals surface area (Å²) in [6.07, 6.45) is 4.74. The lowest BCUT2D eigenvalue weighted by atomic mass is 9.97. The van der Waals surface area contributed by atoms with Gasteiger partial charge in [-0.15, -0.1) is 0 Å². The number of nitrogens with two attached hydrogens (primary N) is 1. The van der Waals surface area contributed by atoms with Gasteiger partial charge in [-0.25, -0.2) is 0 Å². The third-order valence-corrected chi connectivity index (χ3v) is 1.90. The van der Waals surface area contributed by atoms with Crippen molar-refractivity contribution >= 4 is 11.8 Å². The van der Waals surface area contributed by atoms with Crippen LogP contribution in [0.3, 0.4) is 0 Å². The molecule has 4 heteroatoms. The Morgan fingerprint density at radius 3 is 2.71 bits per heavy atom. The van der Waals surface area contributed by atoms with E-state index in [-0.39, 0.29) is 12.2 Å². The standard InChI is InChI=1S/C10H11NO3/c1-6-2-3-7(5-9(6)12)4-8(11)10(13)14/h2-3,5,8H,1,4,11H2,(H,13,14). The van der Waals surface area contributed by atoms with Crippen molar-refractivity contribution in [3.05, 3.63) is 36.0 Å². The Balaban J connectivity index is 2.68. The number of aliphatic carboxylic acids is 1. The van der Waals surface area contributed by atoms with E-state index in [2.05, 4.69) is 6.58 Å². The number of carboxylic acids is 1. The predicted molar refractivity (Wildman–Crippen MR) is 51.6 cm³/mol. The van der Waals surface area contributed by atoms with Crippen LogP contribution in [0, 0.1) is 0 Å². The SMILES string of the molecule is C=C1C=CC(CC(N)C(=O)O)=CC1=O. The fourth-order valence-electron chi connectivity index (χ4n) is 1.07. The summed E-state index contributed by atoms with van der Waals surface area (Å²) < 4.78 is 0. The second-order valence-corrected chi connectivity index (χ2v) is 3.09. The third-order valence-electron chi connectivity index (χ3n) is 1.90. The van der Waals surface area contributed by atoms with Crippen molar-refractivity contribution < 1.29 is 14.7 Å². The van der Waals surface area contributed by atoms with Crippen molar-refractivity contribution in [1.82, 2.24) is 0 Å². The summed E-state index contributed by atoms with van der Waals surface area (Å²) in [4.78, 5) is 21.6. The lowest BCUT2D eigenvalue weighted by Gasteiger charge is -2.10. The molecule has 1 aliphatic rings. The van der Waals surface area contributed by atoms with Gasteiger partial charge in [-0.1, -0.05) is 18.7 Å². The number of hydrogen-bond donors (Lipinski definition) is 2. The van der Waals surface area contributed by atoms with Crippen LogP contribution in [0.15, 0.2) is 36.0 Å². The van der Waals surface area contributed by atoms with Crippen molar-refractivity contribution in [2.75, 3.05) is 0 Å². The second kappa shape index (κ2) is 4.02. The van der Waals surface area contributed by atoms with Gasteiger partial charge in [0, 0.05) is 5.57 Å². The monoisotopic (exact) mass is 193 g/mol. The molecule has 0 radical (unpaired) electrons. The molecule has 0 aliphatic heterocycles. The zero-order chi connectivity index (χ0) is 10.7. The highest BCUT2D eigenvalue weighted by Crippen LogP contribution is 2.14. The number of ketones is 1. The topological polar surface area (TPSA) is 80.4 Å². The Labute approximate surface area is 81.4 Å². The molecule has 3 N–H and O–H groups in total. The summed E-state index contributed by atoms with van der Waals surface area (Å²) >= 11 is 0. The molecular formula is C10H11NO3. The van der Waals surface area contributed by atoms with E-state index in [1.165, 1.54) is 6.08 Å². The smallest absolute Gasteiger partial charge is 0.320 e. The quantitative estimate of drug-likeness (QED) is 0.636. The van der Waals surface area contributed by atoms with Gasteiger partial charge in [-0.3, -0.25) is 9.59 Å². The van der Waals surface area contributed by atoms with Crippen LogP contribution in [-0.4, -0.2) is 22.9 Å². The Hall–Kier alpha value is -1.68. The van der Waals surface area contributed by atoms with Crippen molar-refractivity contribution in [1.29, 1.82) is 0 Å². The molecule has 1 unspecified atom stereocenters. The summed E-state index contributed by atoms with van der Waals surface area (Å²) in [5.74, 6) is -1.27. The van der Waals surface area contributed by atoms with Crippen LogP contribution >= 0.6 is 0 Å². The van der Waals surface area contributed by atoms with E-state index in [1.54, 1.807) is 12.2 Å². The normalized spacial score (nSPS) is 17.9. The predicted octanol–water partition coefficient (Wildman–Crippen LogP) is 0.410. The molecule has 4 nitrogen and oxygen atoms in total. The number of carbonyl (C=O) groups excluding carboxylic acids is 1. The van der Waals surface area contributed by atoms with Gasteiger partial charge in [0.25, 0.3) is 0 Å². The summed E-state index contributed by atoms with van der Waals surface area (Å²) in [6.45, 7) is 3.52. The third kappa shape index (κ3) is 2.40. The number of hydrogen-bond acceptors (Lipinski definition) is 3. The van der Waals surface area contributed by atoms with E-state index >= 15 is 0 Å². The summed E-state index contributed by atoms with van der Waals surface area (Å²) in [6, 6.07) is -0.968. The summed E-state index contributed by atoms with van der Waals surface area (Å²) in [5, 5.41) is 8.55. The number of carboxylic acid groups (broad SMARTS) is 1. The molecule has 1 atom stereocenters. The second-order valence-electron chi connectivity index (χ2n) is 3.09. The molecule has 74 valence electrons. The van der Waals surface area contributed by atoms with Gasteiger partial charge in [0.15, 0.2) is 5.78 Å². The molecule has 1 rings (SSSR count). The average Bonchev–Trinajstić information content (AvgIpc) is 2.11. The Morgan fingerprint density at radius 1 is 1.57 bits per heavy atom. The van der Waals surface area contributed by atoms with E-state index in [1.807, 2.05) is 0 Å². The van der Waals surface area contributed by atoms with Gasteiger partial charge in [0.1, 0.15) is 6.04 Å². The van der Waals surface area contributed by atoms with E-state index in [0.717, 1.165) is 0 Å². The van der Waals surface area contributed by atoms with Gasteiger partial charge >= 0.3 is 5.97 Å². The molecule has 0 amide bonds. The fourth-order valence-corrected chi connectivity index (χ4v) is 1.07. The van der Waals surface area contributed by atoms with E-state index < -0.39 is 12.0 Å². The van der Waals surface area contributed by atoms with Gasteiger partial charge in [-0.2, -0.15) is 0 Å². The maximum absolute atomic E-state index is 11.1. The van der Waals surface area contributed by atoms with Gasteiger partial charge in [0.2, 0.25) is 0 Å². The first kappa shape index (κ1) is 10.4. The Bertz CT molecular complexity index is 352. The number of allylic oxidation sites excluding steroid dienone is 4. The molecule has 0 fully saturated rings. The summed E-state index contributed by atoms with van der Waals surface area (Å²) in [5.41, 5.74) is 6.34. The van der Waals surface area contributed by atoms with Gasteiger partial charge in [-0.05, 0) is 18.1 Å². The van der Waals surface area contributed by atoms with E-state index in [9.17, 15) is 9.59 Å². The Morgan fingerprint density at radius 2 is 2.21 bits per heavy atom. The van der Waals surface area contributed by atoms with Crippen molar-refractivity contribution in [2.24, 2.45) is 5.73 Å². The first-order valence-corrected chi connectivity index (χ1v) is 4.11. The first-order valence-electron chi connectivity index (χ1n) is 4.11. The van der Waals surface area contributed by atoms with Crippen LogP contribution in [0.2, 0.25) is 0 Å². The van der Waals surface area contributed by atoms with Crippen LogP contribution in [-0.2, 0) is 9.59 Å². The zero-order valence-electron chi connectivity index (χ0n) is 7.56. The van der Waals surface area contributed by atoms with E-state index in [0.29, 0.717) is 11.1 Å². The molecule has 1 aliphatic carbocycles. The molecular weight excluding hydrogens is 182 g/mol. The minimum Gasteiger partial charge on any atom is -0.480 e. The molecule has 0 aromatic heterocycles. The molecule has 0 saturated carbocycles. The van der Waals surface area contributed by atoms with Crippen LogP contribution in [0.5, 0.6) is 0 Å². The van der Waals surface area contributed by atoms with Crippen LogP contribution in [0.25, 0.3) is 0 Å². The highest BCUT2D eigenvalue weighted by molar-refractivity contribution is 6.07. The van der Waals surface area contributed by atoms with Crippen LogP contribution < -0.4 is 5.73 Å². The molecule has 14 heavy (non-hydrogen) atoms. The van der Waals surface area contributed by atoms with Gasteiger partial charge < -0.3 is 10.8 Å². The van der Waals surface area contributed by atoms with Crippen molar-refractivity contribution in [3.63, 3.8) is 0 Å². The largest absolute Gasteiger partial charge is 0.480 e. The minimum absolute atomic E-state index is 0.158. The Kier molecular flexibility index (Phi) is 2.99. The van der Waals surface area contributed by atoms with Crippen molar-refractivity contribution in [2.45, 2.75) is 12.5 Å². The fraction of sp³-hybridized carbons (Fsp3) is 0.200. The average molecular weight is 193 g/mol. The first-order chi connectivity index (χ1) is 6.50. The van der Waals surface area contributed by atoms with E-state index in [4.69, 9.17) is 10.8 Å². The zero-order valence-corrected chi connectivity index (χ0v) is 7.56.